The molecule has 0 aliphatic carbocycles. The van der Waals surface area contributed by atoms with Crippen LogP contribution in [0.25, 0.3) is 0 Å². The predicted molar refractivity (Wildman–Crippen MR) is 45.2 cm³/mol. The normalized spacial score (nSPS) is 11.0. The van der Waals surface area contributed by atoms with Crippen LogP contribution in [0.3, 0.4) is 0 Å². The molecule has 0 atom stereocenters. The van der Waals surface area contributed by atoms with E-state index in [1.54, 1.807) is 0 Å². The van der Waals surface area contributed by atoms with Gasteiger partial charge in [0.1, 0.15) is 12.7 Å². The molecule has 68 valence electrons. The number of ether oxygens (including phenoxy) is 1. The Bertz CT molecular complexity index is 327. The number of rotatable bonds is 3. The Balaban J connectivity index is 2.74. The molecule has 13 heavy (non-hydrogen) atoms. The van der Waals surface area contributed by atoms with Crippen LogP contribution in [0.5, 0.6) is 6.01 Å². The van der Waals surface area contributed by atoms with Gasteiger partial charge in [-0.05, 0) is 0 Å². The first-order valence-electron chi connectivity index (χ1n) is 3.11. The minimum atomic E-state index is -1.24. The van der Waals surface area contributed by atoms with Crippen LogP contribution in [-0.4, -0.2) is 26.0 Å². The van der Waals surface area contributed by atoms with E-state index in [0.717, 1.165) is 5.41 Å². The number of hydrogen-bond donors (Lipinski definition) is 2. The number of aliphatic carboxylic acids is 1. The molecule has 0 radical (unpaired) electrons. The largest absolute Gasteiger partial charge is 0.475 e. The summed E-state index contributed by atoms with van der Waals surface area (Å²) in [5.74, 6) is -1.59. The molecule has 0 spiro atoms. The molecule has 1 rings (SSSR count). The smallest absolute Gasteiger partial charge is 0.372 e. The molecule has 1 aromatic rings. The summed E-state index contributed by atoms with van der Waals surface area (Å²) in [5.41, 5.74) is 0. The first-order valence-corrected chi connectivity index (χ1v) is 3.63. The zero-order valence-corrected chi connectivity index (χ0v) is 7.18. The van der Waals surface area contributed by atoms with Crippen molar-refractivity contribution in [2.45, 2.75) is 0 Å². The summed E-state index contributed by atoms with van der Waals surface area (Å²) in [6.45, 7) is 0. The van der Waals surface area contributed by atoms with Gasteiger partial charge in [-0.1, -0.05) is 0 Å². The van der Waals surface area contributed by atoms with E-state index in [-0.39, 0.29) is 11.8 Å². The van der Waals surface area contributed by atoms with Crippen LogP contribution in [0.2, 0.25) is 0 Å². The van der Waals surface area contributed by atoms with Crippen molar-refractivity contribution in [3.8, 4) is 6.01 Å². The van der Waals surface area contributed by atoms with Gasteiger partial charge in [-0.15, -0.1) is 12.6 Å². The highest BCUT2D eigenvalue weighted by Crippen LogP contribution is 2.05. The molecule has 0 aromatic carbocycles. The molecule has 1 aromatic heterocycles. The van der Waals surface area contributed by atoms with Gasteiger partial charge in [0, 0.05) is 5.41 Å². The van der Waals surface area contributed by atoms with Crippen molar-refractivity contribution in [2.75, 3.05) is 0 Å². The lowest BCUT2D eigenvalue weighted by molar-refractivity contribution is -0.135. The van der Waals surface area contributed by atoms with Gasteiger partial charge in [0.2, 0.25) is 5.76 Å². The van der Waals surface area contributed by atoms with Gasteiger partial charge in [-0.25, -0.2) is 9.78 Å². The van der Waals surface area contributed by atoms with E-state index in [0.29, 0.717) is 0 Å². The van der Waals surface area contributed by atoms with Crippen LogP contribution in [0.15, 0.2) is 23.8 Å². The highest BCUT2D eigenvalue weighted by Gasteiger charge is 2.09. The number of carboxylic acids is 1. The van der Waals surface area contributed by atoms with Crippen LogP contribution in [0.1, 0.15) is 0 Å². The molecule has 0 aliphatic heterocycles. The number of carboxylic acid groups (broad SMARTS) is 1. The monoisotopic (exact) mass is 199 g/mol. The maximum atomic E-state index is 10.4. The molecule has 0 amide bonds. The van der Waals surface area contributed by atoms with Crippen LogP contribution in [0, 0.1) is 0 Å². The Kier molecular flexibility index (Phi) is 3.21. The van der Waals surface area contributed by atoms with Gasteiger partial charge in [-0.2, -0.15) is 9.97 Å². The Labute approximate surface area is 78.7 Å². The summed E-state index contributed by atoms with van der Waals surface area (Å²) < 4.78 is 4.75. The SMILES string of the molecule is O=C(O)C(=CS)Oc1ncncn1. The van der Waals surface area contributed by atoms with Crippen molar-refractivity contribution in [1.82, 2.24) is 15.0 Å². The molecule has 0 unspecified atom stereocenters. The Morgan fingerprint density at radius 1 is 1.54 bits per heavy atom. The van der Waals surface area contributed by atoms with Crippen molar-refractivity contribution in [3.63, 3.8) is 0 Å². The van der Waals surface area contributed by atoms with Gasteiger partial charge in [0.05, 0.1) is 0 Å². The second kappa shape index (κ2) is 4.41. The number of aromatic nitrogens is 3. The van der Waals surface area contributed by atoms with Gasteiger partial charge < -0.3 is 9.84 Å². The second-order valence-corrected chi connectivity index (χ2v) is 2.08. The maximum absolute atomic E-state index is 10.4. The summed E-state index contributed by atoms with van der Waals surface area (Å²) in [6, 6.07) is -0.0855. The third-order valence-corrected chi connectivity index (χ3v) is 1.23. The molecular weight excluding hydrogens is 194 g/mol. The second-order valence-electron chi connectivity index (χ2n) is 1.82. The summed E-state index contributed by atoms with van der Waals surface area (Å²) >= 11 is 3.65. The van der Waals surface area contributed by atoms with E-state index in [4.69, 9.17) is 9.84 Å². The zero-order chi connectivity index (χ0) is 9.68. The molecule has 0 bridgehead atoms. The zero-order valence-electron chi connectivity index (χ0n) is 6.28. The van der Waals surface area contributed by atoms with Gasteiger partial charge in [-0.3, -0.25) is 0 Å². The van der Waals surface area contributed by atoms with E-state index in [1.807, 2.05) is 0 Å². The standard InChI is InChI=1S/C6H5N3O3S/c10-5(11)4(1-13)12-6-8-2-7-3-9-6/h1-3,13H,(H,10,11). The fourth-order valence-electron chi connectivity index (χ4n) is 0.505. The third kappa shape index (κ3) is 2.71. The van der Waals surface area contributed by atoms with Gasteiger partial charge in [0.15, 0.2) is 0 Å². The summed E-state index contributed by atoms with van der Waals surface area (Å²) in [4.78, 5) is 21.1. The number of nitrogens with zero attached hydrogens (tertiary/aromatic N) is 3. The van der Waals surface area contributed by atoms with Crippen molar-refractivity contribution in [3.05, 3.63) is 23.8 Å². The van der Waals surface area contributed by atoms with E-state index >= 15 is 0 Å². The van der Waals surface area contributed by atoms with E-state index < -0.39 is 5.97 Å². The van der Waals surface area contributed by atoms with Crippen molar-refractivity contribution >= 4 is 18.6 Å². The number of thiol groups is 1. The number of carbonyl (C=O) groups is 1. The summed E-state index contributed by atoms with van der Waals surface area (Å²) in [5, 5.41) is 9.53. The van der Waals surface area contributed by atoms with Crippen molar-refractivity contribution in [2.24, 2.45) is 0 Å². The lowest BCUT2D eigenvalue weighted by Gasteiger charge is -2.00. The fraction of sp³-hybridized carbons (Fsp3) is 0. The van der Waals surface area contributed by atoms with Crippen molar-refractivity contribution in [1.29, 1.82) is 0 Å². The molecule has 1 heterocycles. The lowest BCUT2D eigenvalue weighted by atomic mass is 10.6. The van der Waals surface area contributed by atoms with Gasteiger partial charge >= 0.3 is 12.0 Å². The summed E-state index contributed by atoms with van der Waals surface area (Å²) in [7, 11) is 0. The topological polar surface area (TPSA) is 85.2 Å². The molecule has 0 saturated carbocycles. The van der Waals surface area contributed by atoms with Gasteiger partial charge in [0.25, 0.3) is 0 Å². The maximum Gasteiger partial charge on any atom is 0.372 e. The predicted octanol–water partition coefficient (Wildman–Crippen LogP) is 0.106. The van der Waals surface area contributed by atoms with Crippen LogP contribution in [0.4, 0.5) is 0 Å². The average Bonchev–Trinajstić information content (AvgIpc) is 2.15. The first kappa shape index (κ1) is 9.46. The number of hydrogen-bond acceptors (Lipinski definition) is 6. The highest BCUT2D eigenvalue weighted by atomic mass is 32.1. The Morgan fingerprint density at radius 3 is 2.62 bits per heavy atom. The molecule has 0 saturated heterocycles. The molecular formula is C6H5N3O3S. The lowest BCUT2D eigenvalue weighted by Crippen LogP contribution is -2.08. The van der Waals surface area contributed by atoms with E-state index in [2.05, 4.69) is 27.6 Å². The van der Waals surface area contributed by atoms with E-state index in [9.17, 15) is 4.79 Å². The molecule has 1 N–H and O–H groups in total. The van der Waals surface area contributed by atoms with Crippen LogP contribution >= 0.6 is 12.6 Å². The quantitative estimate of drug-likeness (QED) is 0.408. The molecule has 0 fully saturated rings. The Morgan fingerprint density at radius 2 is 2.15 bits per heavy atom. The third-order valence-electron chi connectivity index (χ3n) is 0.999. The van der Waals surface area contributed by atoms with E-state index in [1.165, 1.54) is 12.7 Å². The molecule has 6 nitrogen and oxygen atoms in total. The first-order chi connectivity index (χ1) is 6.24. The highest BCUT2D eigenvalue weighted by molar-refractivity contribution is 7.83. The molecule has 7 heteroatoms. The van der Waals surface area contributed by atoms with Crippen molar-refractivity contribution < 1.29 is 14.6 Å². The minimum Gasteiger partial charge on any atom is -0.475 e. The fourth-order valence-corrected chi connectivity index (χ4v) is 0.668. The minimum absolute atomic E-state index is 0.0855. The molecule has 0 aliphatic rings. The van der Waals surface area contributed by atoms with Crippen LogP contribution in [-0.2, 0) is 4.79 Å². The van der Waals surface area contributed by atoms with Crippen LogP contribution < -0.4 is 4.74 Å². The summed E-state index contributed by atoms with van der Waals surface area (Å²) in [6.07, 6.45) is 2.39. The average molecular weight is 199 g/mol. The Hall–Kier alpha value is -1.63.